The Kier molecular flexibility index (Phi) is 5.98. The van der Waals surface area contributed by atoms with Crippen molar-refractivity contribution >= 4 is 11.6 Å². The van der Waals surface area contributed by atoms with Gasteiger partial charge in [-0.25, -0.2) is 13.8 Å². The zero-order valence-corrected chi connectivity index (χ0v) is 18.6. The smallest absolute Gasteiger partial charge is 0.270 e. The highest BCUT2D eigenvalue weighted by Crippen LogP contribution is 2.25. The Bertz CT molecular complexity index is 1350. The van der Waals surface area contributed by atoms with Gasteiger partial charge in [0.1, 0.15) is 23.9 Å². The molecule has 1 atom stereocenters. The molecule has 4 aromatic rings. The summed E-state index contributed by atoms with van der Waals surface area (Å²) >= 11 is 0. The van der Waals surface area contributed by atoms with Crippen LogP contribution < -0.4 is 15.4 Å². The number of hydrogen-bond donors (Lipinski definition) is 2. The molecule has 1 aliphatic heterocycles. The Morgan fingerprint density at radius 2 is 1.94 bits per heavy atom. The number of hydrogen-bond acceptors (Lipinski definition) is 4. The number of amides is 1. The van der Waals surface area contributed by atoms with Crippen molar-refractivity contribution in [2.75, 3.05) is 13.1 Å². The molecule has 3 heterocycles. The molecule has 34 heavy (non-hydrogen) atoms. The zero-order chi connectivity index (χ0) is 23.7. The molecule has 174 valence electrons. The van der Waals surface area contributed by atoms with Crippen LogP contribution in [0.1, 0.15) is 38.9 Å². The van der Waals surface area contributed by atoms with Crippen LogP contribution in [0.2, 0.25) is 0 Å². The Balaban J connectivity index is 1.35. The van der Waals surface area contributed by atoms with Gasteiger partial charge < -0.3 is 15.4 Å². The third-order valence-electron chi connectivity index (χ3n) is 6.12. The van der Waals surface area contributed by atoms with Gasteiger partial charge >= 0.3 is 0 Å². The number of nitrogens with zero attached hydrogens (tertiary/aromatic N) is 2. The molecule has 5 rings (SSSR count). The molecule has 1 amide bonds. The number of carbonyl (C=O) groups excluding carboxylic acids is 1. The number of imidazole rings is 1. The van der Waals surface area contributed by atoms with Crippen molar-refractivity contribution in [2.45, 2.75) is 26.0 Å². The number of nitrogens with one attached hydrogen (secondary N) is 2. The van der Waals surface area contributed by atoms with Crippen LogP contribution in [-0.4, -0.2) is 28.4 Å². The van der Waals surface area contributed by atoms with Crippen molar-refractivity contribution in [3.8, 4) is 5.75 Å². The van der Waals surface area contributed by atoms with Gasteiger partial charge in [-0.3, -0.25) is 9.20 Å². The van der Waals surface area contributed by atoms with Crippen LogP contribution in [0, 0.1) is 18.6 Å². The molecular formula is C26H24F2N4O2. The summed E-state index contributed by atoms with van der Waals surface area (Å²) in [5.74, 6) is -1.28. The molecule has 6 nitrogen and oxygen atoms in total. The molecule has 0 saturated carbocycles. The van der Waals surface area contributed by atoms with Crippen LogP contribution in [0.15, 0.2) is 60.8 Å². The summed E-state index contributed by atoms with van der Waals surface area (Å²) in [6.07, 6.45) is 2.68. The molecule has 0 spiro atoms. The van der Waals surface area contributed by atoms with Crippen molar-refractivity contribution in [2.24, 2.45) is 0 Å². The minimum Gasteiger partial charge on any atom is -0.485 e. The first-order valence-corrected chi connectivity index (χ1v) is 11.2. The van der Waals surface area contributed by atoms with Crippen LogP contribution in [0.3, 0.4) is 0 Å². The predicted octanol–water partition coefficient (Wildman–Crippen LogP) is 4.12. The van der Waals surface area contributed by atoms with E-state index < -0.39 is 11.6 Å². The van der Waals surface area contributed by atoms with E-state index in [0.29, 0.717) is 29.3 Å². The second-order valence-corrected chi connectivity index (χ2v) is 8.27. The Morgan fingerprint density at radius 1 is 1.15 bits per heavy atom. The van der Waals surface area contributed by atoms with Crippen molar-refractivity contribution in [1.29, 1.82) is 0 Å². The molecule has 2 N–H and O–H groups in total. The monoisotopic (exact) mass is 462 g/mol. The maximum atomic E-state index is 14.0. The van der Waals surface area contributed by atoms with Crippen LogP contribution in [-0.2, 0) is 13.0 Å². The first-order valence-electron chi connectivity index (χ1n) is 11.2. The number of rotatable bonds is 6. The van der Waals surface area contributed by atoms with E-state index >= 15 is 0 Å². The molecule has 0 radical (unpaired) electrons. The summed E-state index contributed by atoms with van der Waals surface area (Å²) < 4.78 is 35.3. The van der Waals surface area contributed by atoms with E-state index in [2.05, 4.69) is 27.8 Å². The molecule has 0 saturated heterocycles. The van der Waals surface area contributed by atoms with Gasteiger partial charge in [-0.1, -0.05) is 30.3 Å². The summed E-state index contributed by atoms with van der Waals surface area (Å²) in [7, 11) is 0. The van der Waals surface area contributed by atoms with Crippen LogP contribution in [0.5, 0.6) is 5.75 Å². The minimum atomic E-state index is -0.676. The highest BCUT2D eigenvalue weighted by Gasteiger charge is 2.23. The van der Waals surface area contributed by atoms with E-state index in [1.807, 2.05) is 12.1 Å². The van der Waals surface area contributed by atoms with Crippen LogP contribution >= 0.6 is 0 Å². The third-order valence-corrected chi connectivity index (χ3v) is 6.12. The van der Waals surface area contributed by atoms with E-state index in [-0.39, 0.29) is 24.1 Å². The van der Waals surface area contributed by atoms with E-state index in [1.165, 1.54) is 29.3 Å². The van der Waals surface area contributed by atoms with Gasteiger partial charge in [0.25, 0.3) is 5.91 Å². The zero-order valence-electron chi connectivity index (χ0n) is 18.6. The molecule has 1 unspecified atom stereocenters. The predicted molar refractivity (Wildman–Crippen MR) is 124 cm³/mol. The molecule has 0 fully saturated rings. The van der Waals surface area contributed by atoms with E-state index in [1.54, 1.807) is 29.7 Å². The molecule has 0 bridgehead atoms. The largest absolute Gasteiger partial charge is 0.485 e. The van der Waals surface area contributed by atoms with Crippen LogP contribution in [0.25, 0.3) is 5.65 Å². The first kappa shape index (κ1) is 22.0. The van der Waals surface area contributed by atoms with Gasteiger partial charge in [-0.2, -0.15) is 0 Å². The second kappa shape index (κ2) is 9.23. The number of fused-ring (bicyclic) bond motifs is 2. The number of aromatic nitrogens is 2. The summed E-state index contributed by atoms with van der Waals surface area (Å²) in [6, 6.07) is 15.3. The van der Waals surface area contributed by atoms with Crippen molar-refractivity contribution < 1.29 is 18.3 Å². The quantitative estimate of drug-likeness (QED) is 0.453. The van der Waals surface area contributed by atoms with Gasteiger partial charge in [0.2, 0.25) is 0 Å². The molecule has 2 aromatic carbocycles. The number of ether oxygens (including phenoxy) is 1. The average molecular weight is 463 g/mol. The lowest BCUT2D eigenvalue weighted by atomic mass is 9.94. The van der Waals surface area contributed by atoms with Gasteiger partial charge in [0.15, 0.2) is 11.4 Å². The number of halogens is 2. The lowest BCUT2D eigenvalue weighted by molar-refractivity contribution is 0.0942. The highest BCUT2D eigenvalue weighted by molar-refractivity contribution is 5.95. The fourth-order valence-corrected chi connectivity index (χ4v) is 4.42. The fourth-order valence-electron chi connectivity index (χ4n) is 4.42. The summed E-state index contributed by atoms with van der Waals surface area (Å²) in [5.41, 5.74) is 3.65. The van der Waals surface area contributed by atoms with Gasteiger partial charge in [-0.05, 0) is 55.3 Å². The standard InChI is InChI=1S/C26H24F2N4O2/c1-16-24(26(33)30-14-22-18-7-3-2-6-17(18)11-12-29-22)32-13-5-10-23(25(32)31-16)34-15-19-20(27)8-4-9-21(19)28/h2-10,13,22,29H,11-12,14-15H2,1H3,(H,30,33). The topological polar surface area (TPSA) is 67.7 Å². The maximum Gasteiger partial charge on any atom is 0.270 e. The van der Waals surface area contributed by atoms with Crippen LogP contribution in [0.4, 0.5) is 8.78 Å². The number of carbonyl (C=O) groups is 1. The molecule has 1 aliphatic rings. The van der Waals surface area contributed by atoms with Crippen molar-refractivity contribution in [1.82, 2.24) is 20.0 Å². The van der Waals surface area contributed by atoms with E-state index in [9.17, 15) is 13.6 Å². The van der Waals surface area contributed by atoms with Crippen molar-refractivity contribution in [3.05, 3.63) is 101 Å². The Morgan fingerprint density at radius 3 is 2.76 bits per heavy atom. The van der Waals surface area contributed by atoms with Crippen molar-refractivity contribution in [3.63, 3.8) is 0 Å². The van der Waals surface area contributed by atoms with Gasteiger partial charge in [0, 0.05) is 18.8 Å². The summed E-state index contributed by atoms with van der Waals surface area (Å²) in [5, 5.41) is 6.48. The third kappa shape index (κ3) is 4.12. The SMILES string of the molecule is Cc1nc2c(OCc3c(F)cccc3F)cccn2c1C(=O)NCC1NCCc2ccccc21. The van der Waals surface area contributed by atoms with E-state index in [4.69, 9.17) is 4.74 Å². The van der Waals surface area contributed by atoms with Gasteiger partial charge in [-0.15, -0.1) is 0 Å². The van der Waals surface area contributed by atoms with Gasteiger partial charge in [0.05, 0.1) is 11.3 Å². The maximum absolute atomic E-state index is 14.0. The fraction of sp³-hybridized carbons (Fsp3) is 0.231. The van der Waals surface area contributed by atoms with E-state index in [0.717, 1.165) is 13.0 Å². The number of aryl methyl sites for hydroxylation is 1. The molecule has 8 heteroatoms. The normalized spacial score (nSPS) is 15.2. The Labute approximate surface area is 195 Å². The first-order chi connectivity index (χ1) is 16.5. The number of pyridine rings is 1. The lowest BCUT2D eigenvalue weighted by Gasteiger charge is -2.27. The number of benzene rings is 2. The lowest BCUT2D eigenvalue weighted by Crippen LogP contribution is -2.39. The average Bonchev–Trinajstić information content (AvgIpc) is 3.18. The molecule has 2 aromatic heterocycles. The summed E-state index contributed by atoms with van der Waals surface area (Å²) in [4.78, 5) is 17.6. The summed E-state index contributed by atoms with van der Waals surface area (Å²) in [6.45, 7) is 2.75. The Hall–Kier alpha value is -3.78. The highest BCUT2D eigenvalue weighted by atomic mass is 19.1. The minimum absolute atomic E-state index is 0.0305. The second-order valence-electron chi connectivity index (χ2n) is 8.27. The molecular weight excluding hydrogens is 438 g/mol. The molecule has 0 aliphatic carbocycles.